The molecule has 1 atom stereocenters. The summed E-state index contributed by atoms with van der Waals surface area (Å²) < 4.78 is 5.51. The lowest BCUT2D eigenvalue weighted by atomic mass is 9.98. The Morgan fingerprint density at radius 3 is 2.15 bits per heavy atom. The van der Waals surface area contributed by atoms with E-state index in [0.29, 0.717) is 12.3 Å². The molecule has 1 unspecified atom stereocenters. The van der Waals surface area contributed by atoms with Crippen LogP contribution in [0.15, 0.2) is 48.5 Å². The van der Waals surface area contributed by atoms with E-state index >= 15 is 0 Å². The van der Waals surface area contributed by atoms with Gasteiger partial charge in [0, 0.05) is 23.0 Å². The molecule has 0 aromatic heterocycles. The van der Waals surface area contributed by atoms with Crippen LogP contribution in [0.4, 0.5) is 4.79 Å². The molecule has 0 fully saturated rings. The van der Waals surface area contributed by atoms with Crippen molar-refractivity contribution in [1.29, 1.82) is 0 Å². The van der Waals surface area contributed by atoms with Gasteiger partial charge in [-0.25, -0.2) is 4.79 Å². The number of ether oxygens (including phenoxy) is 1. The van der Waals surface area contributed by atoms with Gasteiger partial charge in [-0.1, -0.05) is 69.3 Å². The van der Waals surface area contributed by atoms with E-state index in [-0.39, 0.29) is 17.3 Å². The predicted octanol–water partition coefficient (Wildman–Crippen LogP) is 4.02. The van der Waals surface area contributed by atoms with Crippen molar-refractivity contribution in [2.75, 3.05) is 18.9 Å². The fourth-order valence-corrected chi connectivity index (χ4v) is 4.64. The van der Waals surface area contributed by atoms with Crippen LogP contribution in [-0.4, -0.2) is 52.8 Å². The first kappa shape index (κ1) is 24.6. The number of rotatable bonds is 9. The number of hydrogen-bond donors (Lipinski definition) is 3. The molecule has 0 heterocycles. The SMILES string of the molecule is CC(C)(C)SCCNC(=O)C(CC(=O)O)NC(=O)OCC1c2ccccc2-c2ccccc21. The fraction of sp³-hybridized carbons (Fsp3) is 0.400. The normalized spacial score (nSPS) is 13.5. The zero-order valence-electron chi connectivity index (χ0n) is 19.1. The summed E-state index contributed by atoms with van der Waals surface area (Å²) in [5, 5.41) is 14.3. The number of benzene rings is 2. The molecule has 0 aliphatic heterocycles. The summed E-state index contributed by atoms with van der Waals surface area (Å²) in [5.41, 5.74) is 4.36. The highest BCUT2D eigenvalue weighted by Gasteiger charge is 2.30. The second kappa shape index (κ2) is 10.7. The van der Waals surface area contributed by atoms with Crippen LogP contribution in [0.2, 0.25) is 0 Å². The summed E-state index contributed by atoms with van der Waals surface area (Å²) in [6.07, 6.45) is -1.34. The van der Waals surface area contributed by atoms with Gasteiger partial charge in [-0.3, -0.25) is 9.59 Å². The van der Waals surface area contributed by atoms with Crippen molar-refractivity contribution in [3.8, 4) is 11.1 Å². The lowest BCUT2D eigenvalue weighted by molar-refractivity contribution is -0.139. The number of nitrogens with one attached hydrogen (secondary N) is 2. The average Bonchev–Trinajstić information content (AvgIpc) is 3.07. The zero-order valence-corrected chi connectivity index (χ0v) is 19.9. The minimum Gasteiger partial charge on any atom is -0.481 e. The Bertz CT molecular complexity index is 972. The maximum Gasteiger partial charge on any atom is 0.407 e. The van der Waals surface area contributed by atoms with Crippen LogP contribution in [0.1, 0.15) is 44.2 Å². The minimum absolute atomic E-state index is 0.0602. The van der Waals surface area contributed by atoms with Gasteiger partial charge in [-0.05, 0) is 22.3 Å². The van der Waals surface area contributed by atoms with Gasteiger partial charge >= 0.3 is 12.1 Å². The predicted molar refractivity (Wildman–Crippen MR) is 129 cm³/mol. The van der Waals surface area contributed by atoms with Crippen LogP contribution >= 0.6 is 11.8 Å². The van der Waals surface area contributed by atoms with Gasteiger partial charge in [0.25, 0.3) is 0 Å². The summed E-state index contributed by atoms with van der Waals surface area (Å²) in [4.78, 5) is 36.2. The summed E-state index contributed by atoms with van der Waals surface area (Å²) in [7, 11) is 0. The van der Waals surface area contributed by atoms with Crippen LogP contribution in [0.5, 0.6) is 0 Å². The minimum atomic E-state index is -1.21. The number of carboxylic acid groups (broad SMARTS) is 1. The number of carbonyl (C=O) groups excluding carboxylic acids is 2. The number of thioether (sulfide) groups is 1. The maximum atomic E-state index is 12.5. The van der Waals surface area contributed by atoms with Gasteiger partial charge in [-0.15, -0.1) is 0 Å². The monoisotopic (exact) mass is 470 g/mol. The van der Waals surface area contributed by atoms with Gasteiger partial charge < -0.3 is 20.5 Å². The molecule has 2 amide bonds. The molecular formula is C25H30N2O5S. The molecule has 0 bridgehead atoms. The Morgan fingerprint density at radius 2 is 1.61 bits per heavy atom. The summed E-state index contributed by atoms with van der Waals surface area (Å²) in [5.74, 6) is -1.16. The van der Waals surface area contributed by atoms with Crippen molar-refractivity contribution < 1.29 is 24.2 Å². The number of alkyl carbamates (subject to hydrolysis) is 1. The Morgan fingerprint density at radius 1 is 1.03 bits per heavy atom. The average molecular weight is 471 g/mol. The van der Waals surface area contributed by atoms with Crippen LogP contribution in [-0.2, 0) is 14.3 Å². The van der Waals surface area contributed by atoms with Crippen LogP contribution < -0.4 is 10.6 Å². The number of carboxylic acids is 1. The van der Waals surface area contributed by atoms with Crippen molar-refractivity contribution in [2.45, 2.75) is 43.9 Å². The van der Waals surface area contributed by atoms with Crippen molar-refractivity contribution in [3.63, 3.8) is 0 Å². The molecule has 1 aliphatic carbocycles. The van der Waals surface area contributed by atoms with Crippen LogP contribution in [0, 0.1) is 0 Å². The first-order valence-electron chi connectivity index (χ1n) is 10.9. The van der Waals surface area contributed by atoms with E-state index in [2.05, 4.69) is 31.4 Å². The molecule has 0 radical (unpaired) electrons. The number of fused-ring (bicyclic) bond motifs is 3. The Labute approximate surface area is 198 Å². The lowest BCUT2D eigenvalue weighted by Crippen LogP contribution is -2.48. The molecular weight excluding hydrogens is 440 g/mol. The molecule has 0 saturated heterocycles. The second-order valence-electron chi connectivity index (χ2n) is 8.87. The highest BCUT2D eigenvalue weighted by Crippen LogP contribution is 2.44. The highest BCUT2D eigenvalue weighted by molar-refractivity contribution is 8.00. The molecule has 176 valence electrons. The van der Waals surface area contributed by atoms with E-state index in [0.717, 1.165) is 22.3 Å². The van der Waals surface area contributed by atoms with Gasteiger partial charge in [-0.2, -0.15) is 11.8 Å². The Kier molecular flexibility index (Phi) is 8.02. The molecule has 3 N–H and O–H groups in total. The third-order valence-electron chi connectivity index (χ3n) is 5.27. The van der Waals surface area contributed by atoms with E-state index in [1.54, 1.807) is 11.8 Å². The van der Waals surface area contributed by atoms with Gasteiger partial charge in [0.2, 0.25) is 5.91 Å². The number of aliphatic carboxylic acids is 1. The highest BCUT2D eigenvalue weighted by atomic mass is 32.2. The van der Waals surface area contributed by atoms with E-state index in [4.69, 9.17) is 9.84 Å². The fourth-order valence-electron chi connectivity index (χ4n) is 3.82. The third-order valence-corrected chi connectivity index (χ3v) is 6.54. The molecule has 1 aliphatic rings. The molecule has 2 aromatic carbocycles. The largest absolute Gasteiger partial charge is 0.481 e. The van der Waals surface area contributed by atoms with E-state index in [1.807, 2.05) is 48.5 Å². The smallest absolute Gasteiger partial charge is 0.407 e. The molecule has 3 rings (SSSR count). The first-order valence-corrected chi connectivity index (χ1v) is 11.9. The topological polar surface area (TPSA) is 105 Å². The van der Waals surface area contributed by atoms with Gasteiger partial charge in [0.15, 0.2) is 0 Å². The Balaban J connectivity index is 1.58. The summed E-state index contributed by atoms with van der Waals surface area (Å²) in [6, 6.07) is 14.7. The van der Waals surface area contributed by atoms with Gasteiger partial charge in [0.05, 0.1) is 6.42 Å². The maximum absolute atomic E-state index is 12.5. The third kappa shape index (κ3) is 6.74. The number of carbonyl (C=O) groups is 3. The molecule has 7 nitrogen and oxygen atoms in total. The van der Waals surface area contributed by atoms with Crippen molar-refractivity contribution in [1.82, 2.24) is 10.6 Å². The van der Waals surface area contributed by atoms with Crippen molar-refractivity contribution in [2.24, 2.45) is 0 Å². The first-order chi connectivity index (χ1) is 15.7. The number of hydrogen-bond acceptors (Lipinski definition) is 5. The van der Waals surface area contributed by atoms with Crippen molar-refractivity contribution in [3.05, 3.63) is 59.7 Å². The van der Waals surface area contributed by atoms with E-state index in [1.165, 1.54) is 0 Å². The standard InChI is InChI=1S/C25H30N2O5S/c1-25(2,3)33-13-12-26-23(30)21(14-22(28)29)27-24(31)32-15-20-18-10-6-4-8-16(18)17-9-5-7-11-19(17)20/h4-11,20-21H,12-15H2,1-3H3,(H,26,30)(H,27,31)(H,28,29). The second-order valence-corrected chi connectivity index (χ2v) is 10.8. The molecule has 0 spiro atoms. The van der Waals surface area contributed by atoms with E-state index in [9.17, 15) is 14.4 Å². The quantitative estimate of drug-likeness (QED) is 0.478. The molecule has 33 heavy (non-hydrogen) atoms. The van der Waals surface area contributed by atoms with Crippen LogP contribution in [0.25, 0.3) is 11.1 Å². The number of amides is 2. The van der Waals surface area contributed by atoms with E-state index < -0.39 is 30.4 Å². The lowest BCUT2D eigenvalue weighted by Gasteiger charge is -2.20. The zero-order chi connectivity index (χ0) is 24.0. The van der Waals surface area contributed by atoms with Gasteiger partial charge in [0.1, 0.15) is 12.6 Å². The summed E-state index contributed by atoms with van der Waals surface area (Å²) in [6.45, 7) is 6.69. The van der Waals surface area contributed by atoms with Crippen molar-refractivity contribution >= 4 is 29.7 Å². The molecule has 0 saturated carbocycles. The Hall–Kier alpha value is -3.00. The molecule has 2 aromatic rings. The van der Waals surface area contributed by atoms with Crippen LogP contribution in [0.3, 0.4) is 0 Å². The molecule has 8 heteroatoms. The summed E-state index contributed by atoms with van der Waals surface area (Å²) >= 11 is 1.68.